The summed E-state index contributed by atoms with van der Waals surface area (Å²) in [4.78, 5) is 13.2. The van der Waals surface area contributed by atoms with Gasteiger partial charge < -0.3 is 14.8 Å². The van der Waals surface area contributed by atoms with E-state index in [2.05, 4.69) is 26.0 Å². The first kappa shape index (κ1) is 30.9. The minimum absolute atomic E-state index is 0.0152. The van der Waals surface area contributed by atoms with Gasteiger partial charge in [0.05, 0.1) is 29.7 Å². The molecule has 4 aromatic carbocycles. The van der Waals surface area contributed by atoms with Crippen molar-refractivity contribution < 1.29 is 31.1 Å². The fourth-order valence-electron chi connectivity index (χ4n) is 3.91. The first-order valence-electron chi connectivity index (χ1n) is 12.4. The summed E-state index contributed by atoms with van der Waals surface area (Å²) in [5, 5.41) is 2.64. The van der Waals surface area contributed by atoms with E-state index in [4.69, 9.17) is 9.47 Å². The summed E-state index contributed by atoms with van der Waals surface area (Å²) >= 11 is 3.30. The van der Waals surface area contributed by atoms with Gasteiger partial charge in [0.2, 0.25) is 5.91 Å². The highest BCUT2D eigenvalue weighted by molar-refractivity contribution is 9.10. The van der Waals surface area contributed by atoms with Crippen molar-refractivity contribution >= 4 is 58.9 Å². The van der Waals surface area contributed by atoms with Crippen LogP contribution in [0.15, 0.2) is 105 Å². The van der Waals surface area contributed by atoms with Crippen molar-refractivity contribution in [3.8, 4) is 11.5 Å². The monoisotopic (exact) mass is 673 g/mol. The third-order valence-electron chi connectivity index (χ3n) is 6.10. The van der Waals surface area contributed by atoms with Crippen molar-refractivity contribution in [2.24, 2.45) is 0 Å². The van der Waals surface area contributed by atoms with E-state index in [1.54, 1.807) is 48.5 Å². The summed E-state index contributed by atoms with van der Waals surface area (Å²) in [6, 6.07) is 23.0. The first-order chi connectivity index (χ1) is 19.9. The molecule has 220 valence electrons. The molecule has 0 bridgehead atoms. The van der Waals surface area contributed by atoms with E-state index in [1.807, 2.05) is 6.92 Å². The quantitative estimate of drug-likeness (QED) is 0.218. The molecule has 0 aliphatic rings. The van der Waals surface area contributed by atoms with E-state index >= 15 is 0 Å². The second-order valence-corrected chi connectivity index (χ2v) is 13.5. The van der Waals surface area contributed by atoms with E-state index in [0.717, 1.165) is 14.3 Å². The number of carbonyl (C=O) groups excluding carboxylic acids is 1. The van der Waals surface area contributed by atoms with Gasteiger partial charge >= 0.3 is 0 Å². The van der Waals surface area contributed by atoms with Crippen molar-refractivity contribution in [3.05, 3.63) is 101 Å². The number of amides is 1. The topological polar surface area (TPSA) is 131 Å². The van der Waals surface area contributed by atoms with Crippen molar-refractivity contribution in [1.29, 1.82) is 0 Å². The maximum atomic E-state index is 13.8. The van der Waals surface area contributed by atoms with Gasteiger partial charge in [-0.3, -0.25) is 13.8 Å². The molecule has 0 saturated carbocycles. The second-order valence-electron chi connectivity index (χ2n) is 9.05. The van der Waals surface area contributed by atoms with E-state index in [1.165, 1.54) is 56.7 Å². The molecular formula is C29H28BrN3O7S2. The Labute approximate surface area is 253 Å². The Morgan fingerprint density at radius 1 is 0.786 bits per heavy atom. The Kier molecular flexibility index (Phi) is 9.44. The molecule has 0 atom stereocenters. The zero-order valence-corrected chi connectivity index (χ0v) is 26.1. The lowest BCUT2D eigenvalue weighted by Gasteiger charge is -2.26. The van der Waals surface area contributed by atoms with Crippen molar-refractivity contribution in [2.45, 2.75) is 16.7 Å². The molecule has 0 aliphatic heterocycles. The van der Waals surface area contributed by atoms with E-state index in [0.29, 0.717) is 11.4 Å². The molecule has 4 aromatic rings. The molecular weight excluding hydrogens is 646 g/mol. The highest BCUT2D eigenvalue weighted by atomic mass is 79.9. The van der Waals surface area contributed by atoms with Crippen molar-refractivity contribution in [2.75, 3.05) is 35.1 Å². The third-order valence-corrected chi connectivity index (χ3v) is 9.80. The van der Waals surface area contributed by atoms with Crippen molar-refractivity contribution in [1.82, 2.24) is 0 Å². The molecule has 0 radical (unpaired) electrons. The highest BCUT2D eigenvalue weighted by Crippen LogP contribution is 2.35. The molecule has 0 spiro atoms. The number of benzene rings is 4. The third kappa shape index (κ3) is 7.22. The molecule has 0 aromatic heterocycles. The molecule has 0 fully saturated rings. The molecule has 1 amide bonds. The lowest BCUT2D eigenvalue weighted by molar-refractivity contribution is -0.114. The number of ether oxygens (including phenoxy) is 2. The van der Waals surface area contributed by atoms with Crippen LogP contribution in [0.5, 0.6) is 11.5 Å². The number of rotatable bonds is 11. The van der Waals surface area contributed by atoms with Gasteiger partial charge in [-0.25, -0.2) is 16.8 Å². The van der Waals surface area contributed by atoms with Gasteiger partial charge in [-0.05, 0) is 79.7 Å². The summed E-state index contributed by atoms with van der Waals surface area (Å²) in [5.41, 5.74) is 1.63. The van der Waals surface area contributed by atoms with E-state index in [9.17, 15) is 21.6 Å². The highest BCUT2D eigenvalue weighted by Gasteiger charge is 2.30. The predicted molar refractivity (Wildman–Crippen MR) is 165 cm³/mol. The zero-order valence-electron chi connectivity index (χ0n) is 22.9. The lowest BCUT2D eigenvalue weighted by Crippen LogP contribution is -2.38. The van der Waals surface area contributed by atoms with Crippen LogP contribution in [-0.4, -0.2) is 43.5 Å². The Balaban J connectivity index is 1.59. The molecule has 0 unspecified atom stereocenters. The molecule has 0 aliphatic carbocycles. The number of hydrogen-bond donors (Lipinski definition) is 2. The number of hydrogen-bond acceptors (Lipinski definition) is 7. The number of nitrogens with one attached hydrogen (secondary N) is 2. The Bertz CT molecular complexity index is 1780. The van der Waals surface area contributed by atoms with Crippen LogP contribution in [0.3, 0.4) is 0 Å². The summed E-state index contributed by atoms with van der Waals surface area (Å²) in [6.45, 7) is 1.23. The fourth-order valence-corrected chi connectivity index (χ4v) is 6.66. The van der Waals surface area contributed by atoms with Gasteiger partial charge in [0.25, 0.3) is 20.0 Å². The van der Waals surface area contributed by atoms with Crippen LogP contribution in [-0.2, 0) is 24.8 Å². The maximum absolute atomic E-state index is 13.8. The fraction of sp³-hybridized carbons (Fsp3) is 0.138. The van der Waals surface area contributed by atoms with Crippen LogP contribution in [0.25, 0.3) is 0 Å². The van der Waals surface area contributed by atoms with Crippen LogP contribution < -0.4 is 23.8 Å². The standard InChI is InChI=1S/C29H28BrN3O7S2/c1-20-4-13-26(14-5-20)42(37,38)33(27-18-24(39-2)12-17-28(27)40-3)19-29(34)31-22-10-15-25(16-11-22)41(35,36)32-23-8-6-21(30)7-9-23/h4-18,32H,19H2,1-3H3,(H,31,34). The van der Waals surface area contributed by atoms with E-state index < -0.39 is 32.5 Å². The molecule has 0 heterocycles. The molecule has 42 heavy (non-hydrogen) atoms. The van der Waals surface area contributed by atoms with Crippen LogP contribution >= 0.6 is 15.9 Å². The molecule has 4 rings (SSSR count). The number of anilines is 3. The second kappa shape index (κ2) is 12.8. The van der Waals surface area contributed by atoms with Crippen LogP contribution in [0, 0.1) is 6.92 Å². The molecule has 0 saturated heterocycles. The molecule has 13 heteroatoms. The number of nitrogens with zero attached hydrogens (tertiary/aromatic N) is 1. The van der Waals surface area contributed by atoms with Gasteiger partial charge in [-0.15, -0.1) is 0 Å². The largest absolute Gasteiger partial charge is 0.497 e. The van der Waals surface area contributed by atoms with Crippen LogP contribution in [0.2, 0.25) is 0 Å². The average Bonchev–Trinajstić information content (AvgIpc) is 2.97. The summed E-state index contributed by atoms with van der Waals surface area (Å²) in [6.07, 6.45) is 0. The first-order valence-corrected chi connectivity index (χ1v) is 16.1. The van der Waals surface area contributed by atoms with Crippen LogP contribution in [0.4, 0.5) is 17.1 Å². The van der Waals surface area contributed by atoms with Gasteiger partial charge in [0.1, 0.15) is 18.0 Å². The number of halogens is 1. The minimum atomic E-state index is -4.23. The number of carbonyl (C=O) groups is 1. The Morgan fingerprint density at radius 3 is 1.98 bits per heavy atom. The SMILES string of the molecule is COc1ccc(OC)c(N(CC(=O)Nc2ccc(S(=O)(=O)Nc3ccc(Br)cc3)cc2)S(=O)(=O)c2ccc(C)cc2)c1. The lowest BCUT2D eigenvalue weighted by atomic mass is 10.2. The number of methoxy groups -OCH3 is 2. The molecule has 2 N–H and O–H groups in total. The van der Waals surface area contributed by atoms with Gasteiger partial charge in [-0.1, -0.05) is 33.6 Å². The number of sulfonamides is 2. The molecule has 10 nitrogen and oxygen atoms in total. The minimum Gasteiger partial charge on any atom is -0.497 e. The van der Waals surface area contributed by atoms with E-state index in [-0.39, 0.29) is 26.9 Å². The summed E-state index contributed by atoms with van der Waals surface area (Å²) < 4.78 is 68.1. The van der Waals surface area contributed by atoms with Gasteiger partial charge in [0.15, 0.2) is 0 Å². The predicted octanol–water partition coefficient (Wildman–Crippen LogP) is 5.41. The van der Waals surface area contributed by atoms with Gasteiger partial charge in [-0.2, -0.15) is 0 Å². The smallest absolute Gasteiger partial charge is 0.264 e. The Hall–Kier alpha value is -4.07. The summed E-state index contributed by atoms with van der Waals surface area (Å²) in [7, 11) is -5.28. The summed E-state index contributed by atoms with van der Waals surface area (Å²) in [5.74, 6) is -0.0878. The number of aryl methyl sites for hydroxylation is 1. The normalized spacial score (nSPS) is 11.4. The average molecular weight is 675 g/mol. The zero-order chi connectivity index (χ0) is 30.5. The van der Waals surface area contributed by atoms with Crippen molar-refractivity contribution in [3.63, 3.8) is 0 Å². The maximum Gasteiger partial charge on any atom is 0.264 e. The Morgan fingerprint density at radius 2 is 1.38 bits per heavy atom. The van der Waals surface area contributed by atoms with Crippen LogP contribution in [0.1, 0.15) is 5.56 Å². The van der Waals surface area contributed by atoms with Gasteiger partial charge in [0, 0.05) is 21.9 Å².